The number of nitrogens with one attached hydrogen (secondary N) is 1. The van der Waals surface area contributed by atoms with Crippen molar-refractivity contribution in [3.8, 4) is 0 Å². The quantitative estimate of drug-likeness (QED) is 0.916. The molecule has 0 unspecified atom stereocenters. The Morgan fingerprint density at radius 3 is 2.68 bits per heavy atom. The number of amides is 2. The summed E-state index contributed by atoms with van der Waals surface area (Å²) in [6.45, 7) is 0.639. The van der Waals surface area contributed by atoms with Crippen LogP contribution in [-0.4, -0.2) is 36.3 Å². The first-order valence-electron chi connectivity index (χ1n) is 9.66. The van der Waals surface area contributed by atoms with Crippen molar-refractivity contribution in [3.05, 3.63) is 35.9 Å². The lowest BCUT2D eigenvalue weighted by Gasteiger charge is -2.39. The number of hydrogen-bond donors (Lipinski definition) is 1. The number of nitrogens with zero attached hydrogens (tertiary/aromatic N) is 1. The Morgan fingerprint density at radius 2 is 2.04 bits per heavy atom. The molecule has 4 rings (SSSR count). The molecule has 2 amide bonds. The van der Waals surface area contributed by atoms with Crippen LogP contribution < -0.4 is 5.32 Å². The average molecular weight is 340 g/mol. The molecule has 1 N–H and O–H groups in total. The molecule has 2 aliphatic carbocycles. The second kappa shape index (κ2) is 6.47. The van der Waals surface area contributed by atoms with Gasteiger partial charge in [0, 0.05) is 26.1 Å². The highest BCUT2D eigenvalue weighted by atomic mass is 16.2. The van der Waals surface area contributed by atoms with Gasteiger partial charge in [-0.2, -0.15) is 0 Å². The Bertz CT molecular complexity index is 659. The molecule has 3 fully saturated rings. The zero-order chi connectivity index (χ0) is 17.4. The zero-order valence-corrected chi connectivity index (χ0v) is 15.0. The van der Waals surface area contributed by atoms with Gasteiger partial charge in [0.2, 0.25) is 11.8 Å². The molecule has 1 aromatic carbocycles. The third-order valence-electron chi connectivity index (χ3n) is 6.75. The summed E-state index contributed by atoms with van der Waals surface area (Å²) >= 11 is 0. The van der Waals surface area contributed by atoms with Crippen molar-refractivity contribution in [1.82, 2.24) is 10.2 Å². The van der Waals surface area contributed by atoms with Gasteiger partial charge in [0.25, 0.3) is 0 Å². The Labute approximate surface area is 150 Å². The number of rotatable bonds is 4. The molecule has 25 heavy (non-hydrogen) atoms. The lowest BCUT2D eigenvalue weighted by molar-refractivity contribution is -0.138. The van der Waals surface area contributed by atoms with Crippen molar-refractivity contribution >= 4 is 11.8 Å². The van der Waals surface area contributed by atoms with Crippen LogP contribution in [0.3, 0.4) is 0 Å². The monoisotopic (exact) mass is 340 g/mol. The molecule has 4 atom stereocenters. The van der Waals surface area contributed by atoms with Crippen LogP contribution in [0.4, 0.5) is 0 Å². The SMILES string of the molecule is CN1C[C@@H](NC(=O)[C@@]2(Cc3ccccc3)C[C@H]3CC[C@H]2C3)CCC1=O. The molecule has 2 bridgehead atoms. The van der Waals surface area contributed by atoms with E-state index in [1.165, 1.54) is 24.8 Å². The number of hydrogen-bond acceptors (Lipinski definition) is 2. The average Bonchev–Trinajstić information content (AvgIpc) is 3.21. The minimum Gasteiger partial charge on any atom is -0.351 e. The largest absolute Gasteiger partial charge is 0.351 e. The van der Waals surface area contributed by atoms with Gasteiger partial charge in [-0.05, 0) is 49.5 Å². The van der Waals surface area contributed by atoms with E-state index in [-0.39, 0.29) is 23.3 Å². The van der Waals surface area contributed by atoms with Crippen molar-refractivity contribution in [3.63, 3.8) is 0 Å². The van der Waals surface area contributed by atoms with Crippen molar-refractivity contribution < 1.29 is 9.59 Å². The van der Waals surface area contributed by atoms with Crippen LogP contribution in [0.25, 0.3) is 0 Å². The standard InChI is InChI=1S/C21H28N2O2/c1-23-14-18(9-10-19(23)24)22-20(25)21(12-15-5-3-2-4-6-15)13-16-7-8-17(21)11-16/h2-6,16-18H,7-14H2,1H3,(H,22,25)/t16-,17-,18-,21-/m0/s1. The summed E-state index contributed by atoms with van der Waals surface area (Å²) < 4.78 is 0. The fourth-order valence-electron chi connectivity index (χ4n) is 5.44. The van der Waals surface area contributed by atoms with Crippen LogP contribution >= 0.6 is 0 Å². The van der Waals surface area contributed by atoms with E-state index in [0.717, 1.165) is 25.2 Å². The van der Waals surface area contributed by atoms with E-state index in [9.17, 15) is 9.59 Å². The van der Waals surface area contributed by atoms with Gasteiger partial charge in [-0.15, -0.1) is 0 Å². The van der Waals surface area contributed by atoms with Crippen molar-refractivity contribution in [2.45, 2.75) is 51.0 Å². The summed E-state index contributed by atoms with van der Waals surface area (Å²) in [4.78, 5) is 26.9. The van der Waals surface area contributed by atoms with E-state index in [1.54, 1.807) is 4.90 Å². The van der Waals surface area contributed by atoms with Gasteiger partial charge in [-0.1, -0.05) is 36.8 Å². The minimum absolute atomic E-state index is 0.0991. The molecule has 4 nitrogen and oxygen atoms in total. The molecule has 3 aliphatic rings. The van der Waals surface area contributed by atoms with Gasteiger partial charge >= 0.3 is 0 Å². The van der Waals surface area contributed by atoms with Gasteiger partial charge in [-0.25, -0.2) is 0 Å². The van der Waals surface area contributed by atoms with Crippen molar-refractivity contribution in [2.75, 3.05) is 13.6 Å². The predicted molar refractivity (Wildman–Crippen MR) is 96.8 cm³/mol. The number of likely N-dealkylation sites (N-methyl/N-ethyl adjacent to an activating group) is 1. The summed E-state index contributed by atoms with van der Waals surface area (Å²) in [6.07, 6.45) is 6.87. The van der Waals surface area contributed by atoms with Crippen LogP contribution in [0.15, 0.2) is 30.3 Å². The predicted octanol–water partition coefficient (Wildman–Crippen LogP) is 2.77. The van der Waals surface area contributed by atoms with Gasteiger partial charge in [0.05, 0.1) is 5.41 Å². The molecule has 1 aliphatic heterocycles. The molecule has 1 heterocycles. The summed E-state index contributed by atoms with van der Waals surface area (Å²) in [5.41, 5.74) is 1.02. The van der Waals surface area contributed by atoms with E-state index in [2.05, 4.69) is 29.6 Å². The van der Waals surface area contributed by atoms with E-state index in [0.29, 0.717) is 18.9 Å². The number of piperidine rings is 1. The van der Waals surface area contributed by atoms with E-state index >= 15 is 0 Å². The molecule has 0 aromatic heterocycles. The van der Waals surface area contributed by atoms with Crippen LogP contribution in [0.2, 0.25) is 0 Å². The normalized spacial score (nSPS) is 34.4. The first-order valence-corrected chi connectivity index (χ1v) is 9.66. The van der Waals surface area contributed by atoms with Crippen LogP contribution in [-0.2, 0) is 16.0 Å². The molecule has 1 aromatic rings. The Morgan fingerprint density at radius 1 is 1.24 bits per heavy atom. The fourth-order valence-corrected chi connectivity index (χ4v) is 5.44. The minimum atomic E-state index is -0.246. The number of likely N-dealkylation sites (tertiary alicyclic amines) is 1. The molecule has 0 radical (unpaired) electrons. The summed E-state index contributed by atoms with van der Waals surface area (Å²) in [7, 11) is 1.83. The zero-order valence-electron chi connectivity index (χ0n) is 15.0. The second-order valence-electron chi connectivity index (χ2n) is 8.38. The first kappa shape index (κ1) is 16.6. The van der Waals surface area contributed by atoms with Gasteiger partial charge in [0.1, 0.15) is 0 Å². The number of fused-ring (bicyclic) bond motifs is 2. The van der Waals surface area contributed by atoms with Gasteiger partial charge in [0.15, 0.2) is 0 Å². The van der Waals surface area contributed by atoms with E-state index in [4.69, 9.17) is 0 Å². The lowest BCUT2D eigenvalue weighted by Crippen LogP contribution is -2.54. The lowest BCUT2D eigenvalue weighted by atomic mass is 9.68. The van der Waals surface area contributed by atoms with Gasteiger partial charge < -0.3 is 10.2 Å². The topological polar surface area (TPSA) is 49.4 Å². The molecule has 2 saturated carbocycles. The molecule has 134 valence electrons. The third-order valence-corrected chi connectivity index (χ3v) is 6.75. The molecule has 0 spiro atoms. The van der Waals surface area contributed by atoms with Crippen molar-refractivity contribution in [2.24, 2.45) is 17.3 Å². The maximum Gasteiger partial charge on any atom is 0.227 e. The summed E-state index contributed by atoms with van der Waals surface area (Å²) in [5.74, 6) is 1.65. The Kier molecular flexibility index (Phi) is 4.30. The Hall–Kier alpha value is -1.84. The van der Waals surface area contributed by atoms with E-state index in [1.807, 2.05) is 13.1 Å². The summed E-state index contributed by atoms with van der Waals surface area (Å²) in [6, 6.07) is 10.6. The maximum absolute atomic E-state index is 13.4. The summed E-state index contributed by atoms with van der Waals surface area (Å²) in [5, 5.41) is 3.32. The van der Waals surface area contributed by atoms with Crippen LogP contribution in [0, 0.1) is 17.3 Å². The molecule has 1 saturated heterocycles. The number of carbonyl (C=O) groups excluding carboxylic acids is 2. The van der Waals surface area contributed by atoms with Crippen LogP contribution in [0.1, 0.15) is 44.1 Å². The highest BCUT2D eigenvalue weighted by Gasteiger charge is 2.55. The smallest absolute Gasteiger partial charge is 0.227 e. The third kappa shape index (κ3) is 3.07. The van der Waals surface area contributed by atoms with Crippen LogP contribution in [0.5, 0.6) is 0 Å². The number of carbonyl (C=O) groups is 2. The first-order chi connectivity index (χ1) is 12.1. The molecular weight excluding hydrogens is 312 g/mol. The second-order valence-corrected chi connectivity index (χ2v) is 8.38. The molecule has 4 heteroatoms. The van der Waals surface area contributed by atoms with Gasteiger partial charge in [-0.3, -0.25) is 9.59 Å². The maximum atomic E-state index is 13.4. The highest BCUT2D eigenvalue weighted by Crippen LogP contribution is 2.57. The number of benzene rings is 1. The van der Waals surface area contributed by atoms with Crippen molar-refractivity contribution in [1.29, 1.82) is 0 Å². The van der Waals surface area contributed by atoms with E-state index < -0.39 is 0 Å². The molecular formula is C21H28N2O2. The highest BCUT2D eigenvalue weighted by molar-refractivity contribution is 5.85. The fraction of sp³-hybridized carbons (Fsp3) is 0.619. The Balaban J connectivity index is 1.52.